The molecule has 2 aromatic carbocycles. The number of likely N-dealkylation sites (N-methyl/N-ethyl adjacent to an activating group) is 1. The number of amides is 2. The third-order valence-electron chi connectivity index (χ3n) is 4.54. The van der Waals surface area contributed by atoms with E-state index in [0.29, 0.717) is 41.6 Å². The number of nitro groups is 1. The van der Waals surface area contributed by atoms with Gasteiger partial charge in [0.2, 0.25) is 0 Å². The van der Waals surface area contributed by atoms with Crippen molar-refractivity contribution < 1.29 is 9.72 Å². The predicted octanol–water partition coefficient (Wildman–Crippen LogP) is 4.13. The molecule has 0 aliphatic carbocycles. The Labute approximate surface area is 192 Å². The molecule has 2 amide bonds. The summed E-state index contributed by atoms with van der Waals surface area (Å²) in [7, 11) is 3.83. The number of urea groups is 1. The van der Waals surface area contributed by atoms with E-state index in [1.54, 1.807) is 19.1 Å². The molecule has 0 spiro atoms. The summed E-state index contributed by atoms with van der Waals surface area (Å²) in [5, 5.41) is 16.9. The Balaban J connectivity index is 0.00000363. The van der Waals surface area contributed by atoms with Crippen molar-refractivity contribution in [1.82, 2.24) is 20.2 Å². The zero-order valence-corrected chi connectivity index (χ0v) is 18.8. The van der Waals surface area contributed by atoms with Gasteiger partial charge in [-0.1, -0.05) is 42.5 Å². The van der Waals surface area contributed by atoms with Gasteiger partial charge in [0, 0.05) is 36.3 Å². The van der Waals surface area contributed by atoms with Crippen LogP contribution in [0.1, 0.15) is 5.69 Å². The molecule has 0 radical (unpaired) electrons. The molecular formula is C22H25ClN6O3. The van der Waals surface area contributed by atoms with Gasteiger partial charge in [0.25, 0.3) is 5.69 Å². The summed E-state index contributed by atoms with van der Waals surface area (Å²) in [6.07, 6.45) is 0. The van der Waals surface area contributed by atoms with Gasteiger partial charge in [-0.3, -0.25) is 10.1 Å². The Bertz CT molecular complexity index is 1090. The van der Waals surface area contributed by atoms with Crippen molar-refractivity contribution in [3.63, 3.8) is 0 Å². The Morgan fingerprint density at radius 2 is 1.75 bits per heavy atom. The molecule has 10 heteroatoms. The number of nitrogens with one attached hydrogen (secondary N) is 2. The molecule has 0 saturated heterocycles. The third-order valence-corrected chi connectivity index (χ3v) is 4.54. The quantitative estimate of drug-likeness (QED) is 0.408. The van der Waals surface area contributed by atoms with Crippen molar-refractivity contribution in [3.05, 3.63) is 70.4 Å². The number of carbonyl (C=O) groups is 1. The molecule has 0 bridgehead atoms. The largest absolute Gasteiger partial charge is 0.337 e. The molecule has 3 rings (SSSR count). The van der Waals surface area contributed by atoms with E-state index in [1.807, 2.05) is 49.3 Å². The molecule has 0 unspecified atom stereocenters. The van der Waals surface area contributed by atoms with Crippen LogP contribution in [-0.2, 0) is 0 Å². The van der Waals surface area contributed by atoms with Crippen LogP contribution in [0.5, 0.6) is 0 Å². The summed E-state index contributed by atoms with van der Waals surface area (Å²) in [5.41, 5.74) is 2.63. The highest BCUT2D eigenvalue weighted by molar-refractivity contribution is 5.94. The fourth-order valence-corrected chi connectivity index (χ4v) is 2.97. The zero-order valence-electron chi connectivity index (χ0n) is 18.0. The fourth-order valence-electron chi connectivity index (χ4n) is 2.97. The number of hydrogen-bond donors (Lipinski definition) is 2. The Morgan fingerprint density at radius 1 is 1.06 bits per heavy atom. The van der Waals surface area contributed by atoms with Gasteiger partial charge in [-0.2, -0.15) is 0 Å². The molecular weight excluding hydrogens is 432 g/mol. The average molecular weight is 457 g/mol. The number of hydrogen-bond acceptors (Lipinski definition) is 6. The Morgan fingerprint density at radius 3 is 2.41 bits per heavy atom. The summed E-state index contributed by atoms with van der Waals surface area (Å²) in [6.45, 7) is 2.92. The SMILES string of the molecule is Cc1nc(-c2ccccc2)nc(-c2cccc([N+](=O)[O-])c2)c1NC(=O)NCCN(C)C.Cl. The van der Waals surface area contributed by atoms with Crippen LogP contribution in [0, 0.1) is 17.0 Å². The van der Waals surface area contributed by atoms with Crippen LogP contribution < -0.4 is 10.6 Å². The maximum atomic E-state index is 12.5. The molecule has 9 nitrogen and oxygen atoms in total. The minimum absolute atomic E-state index is 0. The molecule has 0 fully saturated rings. The van der Waals surface area contributed by atoms with Gasteiger partial charge in [0.05, 0.1) is 22.0 Å². The van der Waals surface area contributed by atoms with Gasteiger partial charge in [-0.25, -0.2) is 14.8 Å². The van der Waals surface area contributed by atoms with Crippen molar-refractivity contribution in [2.75, 3.05) is 32.5 Å². The molecule has 1 heterocycles. The van der Waals surface area contributed by atoms with E-state index >= 15 is 0 Å². The predicted molar refractivity (Wildman–Crippen MR) is 127 cm³/mol. The van der Waals surface area contributed by atoms with Crippen LogP contribution in [0.4, 0.5) is 16.2 Å². The lowest BCUT2D eigenvalue weighted by Crippen LogP contribution is -2.34. The van der Waals surface area contributed by atoms with E-state index < -0.39 is 11.0 Å². The number of rotatable bonds is 7. The van der Waals surface area contributed by atoms with Gasteiger partial charge in [0.1, 0.15) is 0 Å². The van der Waals surface area contributed by atoms with Crippen molar-refractivity contribution in [2.45, 2.75) is 6.92 Å². The first-order valence-electron chi connectivity index (χ1n) is 9.73. The molecule has 0 atom stereocenters. The minimum Gasteiger partial charge on any atom is -0.337 e. The Hall–Kier alpha value is -3.56. The summed E-state index contributed by atoms with van der Waals surface area (Å²) in [4.78, 5) is 34.4. The number of aryl methyl sites for hydroxylation is 1. The van der Waals surface area contributed by atoms with Crippen molar-refractivity contribution in [1.29, 1.82) is 0 Å². The van der Waals surface area contributed by atoms with Gasteiger partial charge >= 0.3 is 6.03 Å². The fraction of sp³-hybridized carbons (Fsp3) is 0.227. The second-order valence-electron chi connectivity index (χ2n) is 7.21. The van der Waals surface area contributed by atoms with E-state index in [-0.39, 0.29) is 18.1 Å². The zero-order chi connectivity index (χ0) is 22.4. The van der Waals surface area contributed by atoms with E-state index in [9.17, 15) is 14.9 Å². The number of benzene rings is 2. The van der Waals surface area contributed by atoms with Crippen LogP contribution >= 0.6 is 12.4 Å². The number of nitrogens with zero attached hydrogens (tertiary/aromatic N) is 4. The van der Waals surface area contributed by atoms with Crippen LogP contribution in [0.25, 0.3) is 22.6 Å². The molecule has 0 saturated carbocycles. The lowest BCUT2D eigenvalue weighted by Gasteiger charge is -2.16. The number of nitro benzene ring substituents is 1. The molecule has 0 aliphatic rings. The molecule has 3 aromatic rings. The highest BCUT2D eigenvalue weighted by Gasteiger charge is 2.18. The summed E-state index contributed by atoms with van der Waals surface area (Å²) in [5.74, 6) is 0.471. The topological polar surface area (TPSA) is 113 Å². The maximum absolute atomic E-state index is 12.5. The standard InChI is InChI=1S/C22H24N6O3.ClH/c1-15-19(26-22(29)23-12-13-27(2)3)20(17-10-7-11-18(14-17)28(30)31)25-21(24-15)16-8-5-4-6-9-16;/h4-11,14H,12-13H2,1-3H3,(H2,23,26,29);1H. The maximum Gasteiger partial charge on any atom is 0.319 e. The van der Waals surface area contributed by atoms with Gasteiger partial charge in [-0.05, 0) is 21.0 Å². The smallest absolute Gasteiger partial charge is 0.319 e. The van der Waals surface area contributed by atoms with Crippen molar-refractivity contribution in [3.8, 4) is 22.6 Å². The van der Waals surface area contributed by atoms with Gasteiger partial charge in [0.15, 0.2) is 5.82 Å². The minimum atomic E-state index is -0.462. The Kier molecular flexibility index (Phi) is 8.62. The number of carbonyl (C=O) groups excluding carboxylic acids is 1. The summed E-state index contributed by atoms with van der Waals surface area (Å²) < 4.78 is 0. The number of anilines is 1. The van der Waals surface area contributed by atoms with E-state index in [1.165, 1.54) is 12.1 Å². The molecule has 168 valence electrons. The second kappa shape index (κ2) is 11.2. The van der Waals surface area contributed by atoms with Crippen LogP contribution in [-0.4, -0.2) is 53.0 Å². The second-order valence-corrected chi connectivity index (χ2v) is 7.21. The lowest BCUT2D eigenvalue weighted by atomic mass is 10.1. The average Bonchev–Trinajstić information content (AvgIpc) is 2.75. The first-order valence-corrected chi connectivity index (χ1v) is 9.73. The van der Waals surface area contributed by atoms with Crippen molar-refractivity contribution >= 4 is 29.8 Å². The van der Waals surface area contributed by atoms with Crippen LogP contribution in [0.3, 0.4) is 0 Å². The molecule has 1 aromatic heterocycles. The molecule has 2 N–H and O–H groups in total. The summed E-state index contributed by atoms with van der Waals surface area (Å²) >= 11 is 0. The van der Waals surface area contributed by atoms with Crippen molar-refractivity contribution in [2.24, 2.45) is 0 Å². The number of non-ortho nitro benzene ring substituents is 1. The number of aromatic nitrogens is 2. The number of halogens is 1. The monoisotopic (exact) mass is 456 g/mol. The van der Waals surface area contributed by atoms with E-state index in [2.05, 4.69) is 20.6 Å². The summed E-state index contributed by atoms with van der Waals surface area (Å²) in [6, 6.07) is 15.2. The third kappa shape index (κ3) is 6.22. The highest BCUT2D eigenvalue weighted by Crippen LogP contribution is 2.32. The highest BCUT2D eigenvalue weighted by atomic mass is 35.5. The normalized spacial score (nSPS) is 10.4. The van der Waals surface area contributed by atoms with Gasteiger partial charge in [-0.15, -0.1) is 12.4 Å². The van der Waals surface area contributed by atoms with Crippen LogP contribution in [0.2, 0.25) is 0 Å². The van der Waals surface area contributed by atoms with Gasteiger partial charge < -0.3 is 15.5 Å². The van der Waals surface area contributed by atoms with E-state index in [4.69, 9.17) is 0 Å². The first-order chi connectivity index (χ1) is 14.8. The van der Waals surface area contributed by atoms with Crippen LogP contribution in [0.15, 0.2) is 54.6 Å². The van der Waals surface area contributed by atoms with E-state index in [0.717, 1.165) is 5.56 Å². The molecule has 32 heavy (non-hydrogen) atoms. The first kappa shape index (κ1) is 24.7. The molecule has 0 aliphatic heterocycles. The lowest BCUT2D eigenvalue weighted by molar-refractivity contribution is -0.384.